The molecule has 0 radical (unpaired) electrons. The molecule has 9 nitrogen and oxygen atoms in total. The highest BCUT2D eigenvalue weighted by atomic mass is 32.3. The number of fused-ring (bicyclic) bond motifs is 2. The van der Waals surface area contributed by atoms with Crippen LogP contribution in [0.3, 0.4) is 0 Å². The van der Waals surface area contributed by atoms with E-state index in [0.717, 1.165) is 6.07 Å². The van der Waals surface area contributed by atoms with E-state index >= 15 is 0 Å². The van der Waals surface area contributed by atoms with E-state index in [1.807, 2.05) is 6.07 Å². The Kier molecular flexibility index (Phi) is 5.86. The summed E-state index contributed by atoms with van der Waals surface area (Å²) in [5.74, 6) is 0.151. The van der Waals surface area contributed by atoms with Crippen molar-refractivity contribution in [3.8, 4) is 16.9 Å². The first-order valence-electron chi connectivity index (χ1n) is 11.7. The summed E-state index contributed by atoms with van der Waals surface area (Å²) in [4.78, 5) is 17.6. The zero-order valence-corrected chi connectivity index (χ0v) is 20.9. The monoisotopic (exact) mass is 554 g/mol. The molecule has 1 aliphatic heterocycles. The van der Waals surface area contributed by atoms with Gasteiger partial charge >= 0.3 is 12.2 Å². The van der Waals surface area contributed by atoms with Crippen LogP contribution in [0, 0.1) is 0 Å². The average Bonchev–Trinajstić information content (AvgIpc) is 3.52. The topological polar surface area (TPSA) is 117 Å². The van der Waals surface area contributed by atoms with Crippen molar-refractivity contribution in [3.63, 3.8) is 0 Å². The van der Waals surface area contributed by atoms with Gasteiger partial charge in [0.2, 0.25) is 0 Å². The van der Waals surface area contributed by atoms with Gasteiger partial charge in [-0.25, -0.2) is 14.5 Å². The van der Waals surface area contributed by atoms with Crippen molar-refractivity contribution < 1.29 is 27.1 Å². The van der Waals surface area contributed by atoms with Gasteiger partial charge in [-0.3, -0.25) is 24.1 Å². The molecule has 0 bridgehead atoms. The smallest absolute Gasteiger partial charge is 0.299 e. The second kappa shape index (κ2) is 9.15. The summed E-state index contributed by atoms with van der Waals surface area (Å²) in [5, 5.41) is 9.89. The van der Waals surface area contributed by atoms with Crippen LogP contribution < -0.4 is 10.6 Å². The van der Waals surface area contributed by atoms with Crippen molar-refractivity contribution in [2.75, 3.05) is 10.6 Å². The van der Waals surface area contributed by atoms with E-state index in [2.05, 4.69) is 20.7 Å². The minimum atomic E-state index is -4.66. The van der Waals surface area contributed by atoms with Crippen LogP contribution in [0.5, 0.6) is 0 Å². The Morgan fingerprint density at radius 1 is 0.897 bits per heavy atom. The second-order valence-electron chi connectivity index (χ2n) is 8.98. The SMILES string of the molecule is O=C(Nc1c2c(nn1-c1ccccc1)CS(O)(O)C2)Nc1c(-c2ccccc2)nc2c(C(F)(F)F)cccn12. The Morgan fingerprint density at radius 3 is 2.26 bits per heavy atom. The summed E-state index contributed by atoms with van der Waals surface area (Å²) in [5.41, 5.74) is 0.920. The number of nitrogens with zero attached hydrogens (tertiary/aromatic N) is 4. The third-order valence-electron chi connectivity index (χ3n) is 6.28. The van der Waals surface area contributed by atoms with Crippen molar-refractivity contribution >= 4 is 33.9 Å². The van der Waals surface area contributed by atoms with Crippen molar-refractivity contribution in [1.29, 1.82) is 0 Å². The number of carbonyl (C=O) groups excluding carboxylic acids is 1. The van der Waals surface area contributed by atoms with E-state index in [1.165, 1.54) is 21.3 Å². The fraction of sp³-hybridized carbons (Fsp3) is 0.115. The number of alkyl halides is 3. The third kappa shape index (κ3) is 4.60. The molecule has 2 amide bonds. The van der Waals surface area contributed by atoms with E-state index in [4.69, 9.17) is 0 Å². The molecule has 0 saturated heterocycles. The molecule has 1 aliphatic rings. The maximum absolute atomic E-state index is 13.8. The van der Waals surface area contributed by atoms with Crippen LogP contribution >= 0.6 is 10.6 Å². The molecule has 0 spiro atoms. The minimum Gasteiger partial charge on any atom is -0.299 e. The highest BCUT2D eigenvalue weighted by Gasteiger charge is 2.36. The maximum atomic E-state index is 13.8. The molecule has 6 rings (SSSR count). The first-order valence-corrected chi connectivity index (χ1v) is 13.6. The number of benzene rings is 2. The fourth-order valence-corrected chi connectivity index (χ4v) is 6.14. The summed E-state index contributed by atoms with van der Waals surface area (Å²) >= 11 is 0. The average molecular weight is 555 g/mol. The van der Waals surface area contributed by atoms with Gasteiger partial charge in [-0.15, -0.1) is 0 Å². The number of nitrogens with one attached hydrogen (secondary N) is 2. The van der Waals surface area contributed by atoms with Crippen LogP contribution in [-0.2, 0) is 17.7 Å². The lowest BCUT2D eigenvalue weighted by atomic mass is 10.1. The Balaban J connectivity index is 1.42. The van der Waals surface area contributed by atoms with Crippen molar-refractivity contribution in [3.05, 3.63) is 95.8 Å². The number of hydrogen-bond acceptors (Lipinski definition) is 5. The van der Waals surface area contributed by atoms with E-state index in [-0.39, 0.29) is 34.5 Å². The molecule has 0 saturated carbocycles. The van der Waals surface area contributed by atoms with Crippen molar-refractivity contribution in [2.45, 2.75) is 17.7 Å². The molecule has 3 aromatic heterocycles. The number of para-hydroxylation sites is 1. The van der Waals surface area contributed by atoms with Crippen LogP contribution in [0.15, 0.2) is 79.0 Å². The number of amides is 2. The van der Waals surface area contributed by atoms with Gasteiger partial charge in [0.25, 0.3) is 0 Å². The van der Waals surface area contributed by atoms with Gasteiger partial charge in [0.1, 0.15) is 17.3 Å². The molecule has 200 valence electrons. The Labute approximate surface area is 221 Å². The molecule has 0 fully saturated rings. The lowest BCUT2D eigenvalue weighted by Crippen LogP contribution is -2.23. The number of aromatic nitrogens is 4. The van der Waals surface area contributed by atoms with E-state index in [0.29, 0.717) is 22.5 Å². The molecular weight excluding hydrogens is 533 g/mol. The quantitative estimate of drug-likeness (QED) is 0.199. The van der Waals surface area contributed by atoms with Crippen LogP contribution in [0.1, 0.15) is 16.8 Å². The molecule has 5 aromatic rings. The molecular formula is C26H21F3N6O3S. The van der Waals surface area contributed by atoms with Gasteiger partial charge in [0.05, 0.1) is 28.5 Å². The molecule has 0 atom stereocenters. The molecule has 4 N–H and O–H groups in total. The van der Waals surface area contributed by atoms with Crippen LogP contribution in [0.25, 0.3) is 22.6 Å². The maximum Gasteiger partial charge on any atom is 0.419 e. The standard InChI is InChI=1S/C26H21F3N6O3S/c27-26(28,29)19-12-7-13-34-23(19)30-21(16-8-3-1-4-9-16)24(34)32-25(36)31-22-18-14-39(37,38)15-20(18)33-35(22)17-10-5-2-6-11-17/h1-13,37-38H,14-15H2,(H2,31,32,36). The summed E-state index contributed by atoms with van der Waals surface area (Å²) < 4.78 is 64.5. The van der Waals surface area contributed by atoms with Crippen LogP contribution in [-0.4, -0.2) is 34.3 Å². The first-order chi connectivity index (χ1) is 18.6. The van der Waals surface area contributed by atoms with Gasteiger partial charge in [-0.1, -0.05) is 48.5 Å². The number of halogens is 3. The zero-order valence-electron chi connectivity index (χ0n) is 20.1. The van der Waals surface area contributed by atoms with E-state index < -0.39 is 28.4 Å². The Bertz CT molecular complexity index is 1700. The number of hydrogen-bond donors (Lipinski definition) is 4. The third-order valence-corrected chi connectivity index (χ3v) is 7.76. The van der Waals surface area contributed by atoms with Crippen LogP contribution in [0.2, 0.25) is 0 Å². The molecule has 39 heavy (non-hydrogen) atoms. The minimum absolute atomic E-state index is 0.0338. The number of imidazole rings is 1. The zero-order chi connectivity index (χ0) is 27.4. The summed E-state index contributed by atoms with van der Waals surface area (Å²) in [6.45, 7) is 0. The highest BCUT2D eigenvalue weighted by Crippen LogP contribution is 2.54. The molecule has 2 aromatic carbocycles. The second-order valence-corrected chi connectivity index (χ2v) is 11.2. The number of anilines is 2. The van der Waals surface area contributed by atoms with Gasteiger partial charge in [-0.05, 0) is 24.3 Å². The number of rotatable bonds is 4. The van der Waals surface area contributed by atoms with Gasteiger partial charge < -0.3 is 0 Å². The fourth-order valence-electron chi connectivity index (χ4n) is 4.60. The predicted molar refractivity (Wildman–Crippen MR) is 142 cm³/mol. The van der Waals surface area contributed by atoms with E-state index in [1.54, 1.807) is 54.6 Å². The van der Waals surface area contributed by atoms with Gasteiger partial charge in [-0.2, -0.15) is 28.9 Å². The van der Waals surface area contributed by atoms with E-state index in [9.17, 15) is 27.1 Å². The molecule has 13 heteroatoms. The predicted octanol–water partition coefficient (Wildman–Crippen LogP) is 6.61. The first kappa shape index (κ1) is 25.0. The lowest BCUT2D eigenvalue weighted by Gasteiger charge is -2.25. The summed E-state index contributed by atoms with van der Waals surface area (Å²) in [7, 11) is -2.93. The van der Waals surface area contributed by atoms with Crippen molar-refractivity contribution in [1.82, 2.24) is 19.2 Å². The van der Waals surface area contributed by atoms with Crippen LogP contribution in [0.4, 0.5) is 29.6 Å². The molecule has 4 heterocycles. The number of carbonyl (C=O) groups is 1. The Hall–Kier alpha value is -4.33. The lowest BCUT2D eigenvalue weighted by molar-refractivity contribution is -0.136. The summed E-state index contributed by atoms with van der Waals surface area (Å²) in [6, 6.07) is 18.9. The van der Waals surface area contributed by atoms with Crippen molar-refractivity contribution in [2.24, 2.45) is 0 Å². The highest BCUT2D eigenvalue weighted by molar-refractivity contribution is 8.23. The number of urea groups is 1. The molecule has 0 aliphatic carbocycles. The molecule has 0 unspecified atom stereocenters. The largest absolute Gasteiger partial charge is 0.419 e. The van der Waals surface area contributed by atoms with Gasteiger partial charge in [0.15, 0.2) is 5.65 Å². The normalized spacial score (nSPS) is 15.2. The number of pyridine rings is 1. The van der Waals surface area contributed by atoms with Gasteiger partial charge in [0, 0.05) is 17.3 Å². The Morgan fingerprint density at radius 2 is 1.56 bits per heavy atom. The summed E-state index contributed by atoms with van der Waals surface area (Å²) in [6.07, 6.45) is -3.27.